The molecular formula is C21H15Cl2Zr. The summed E-state index contributed by atoms with van der Waals surface area (Å²) in [6.45, 7) is 0. The van der Waals surface area contributed by atoms with E-state index in [2.05, 4.69) is 60.5 Å². The van der Waals surface area contributed by atoms with E-state index in [1.54, 1.807) is 24.7 Å². The average molecular weight is 429 g/mol. The summed E-state index contributed by atoms with van der Waals surface area (Å²) < 4.78 is 0.521. The molecule has 117 valence electrons. The molecule has 0 aromatic heterocycles. The molecule has 1 atom stereocenters. The van der Waals surface area contributed by atoms with Crippen LogP contribution in [0.1, 0.15) is 32.3 Å². The molecule has 24 heavy (non-hydrogen) atoms. The third kappa shape index (κ3) is 2.97. The number of halogens is 2. The van der Waals surface area contributed by atoms with E-state index in [1.165, 1.54) is 39.0 Å². The number of fused-ring (bicyclic) bond motifs is 3. The fourth-order valence-electron chi connectivity index (χ4n) is 3.62. The van der Waals surface area contributed by atoms with E-state index in [1.807, 2.05) is 0 Å². The largest absolute Gasteiger partial charge is 1.00 e. The van der Waals surface area contributed by atoms with Gasteiger partial charge in [-0.25, -0.2) is 0 Å². The van der Waals surface area contributed by atoms with Crippen molar-refractivity contribution in [2.24, 2.45) is 0 Å². The summed E-state index contributed by atoms with van der Waals surface area (Å²) >= 11 is 1.55. The Balaban J connectivity index is 0.00000104. The summed E-state index contributed by atoms with van der Waals surface area (Å²) in [5, 5.41) is 0. The molecule has 2 aliphatic rings. The molecule has 2 aromatic rings. The van der Waals surface area contributed by atoms with Crippen molar-refractivity contribution in [3.05, 3.63) is 76.9 Å². The van der Waals surface area contributed by atoms with Crippen LogP contribution < -0.4 is 24.8 Å². The van der Waals surface area contributed by atoms with Crippen LogP contribution in [0.4, 0.5) is 0 Å². The standard InChI is InChI=1S/C21H15.2ClH.Zr/c1-2-7-15-12-13-19-18-11-6-5-10-17(18)14-20(19)21(15)16-8-3-4-9-16;;;/h1,3-6,8,10-14H,7,9H2;2*1H;/q;;;+2/p-2. The first-order chi connectivity index (χ1) is 10.8. The second-order valence-electron chi connectivity index (χ2n) is 5.79. The monoisotopic (exact) mass is 427 g/mol. The van der Waals surface area contributed by atoms with Gasteiger partial charge in [-0.1, -0.05) is 0 Å². The molecule has 0 amide bonds. The number of benzene rings is 2. The van der Waals surface area contributed by atoms with Crippen molar-refractivity contribution in [1.29, 1.82) is 0 Å². The van der Waals surface area contributed by atoms with E-state index in [0.717, 1.165) is 6.42 Å². The van der Waals surface area contributed by atoms with Gasteiger partial charge in [0, 0.05) is 0 Å². The zero-order chi connectivity index (χ0) is 15.1. The van der Waals surface area contributed by atoms with E-state index in [-0.39, 0.29) is 24.8 Å². The number of hydrogen-bond acceptors (Lipinski definition) is 0. The molecule has 1 unspecified atom stereocenters. The Morgan fingerprint density at radius 2 is 1.88 bits per heavy atom. The Hall–Kier alpha value is -1.06. The van der Waals surface area contributed by atoms with E-state index in [0.29, 0.717) is 10.0 Å². The number of rotatable bonds is 2. The van der Waals surface area contributed by atoms with Crippen molar-refractivity contribution in [1.82, 2.24) is 0 Å². The molecule has 0 heterocycles. The molecule has 0 spiro atoms. The second kappa shape index (κ2) is 7.88. The van der Waals surface area contributed by atoms with Crippen molar-refractivity contribution in [2.45, 2.75) is 16.5 Å². The second-order valence-corrected chi connectivity index (χ2v) is 7.21. The predicted octanol–water partition coefficient (Wildman–Crippen LogP) is -1.17. The number of hydrogen-bond donors (Lipinski definition) is 0. The number of terminal acetylenes is 1. The van der Waals surface area contributed by atoms with Gasteiger partial charge >= 0.3 is 147 Å². The SMILES string of the molecule is C#CCc1ccc2c(c1C1=CC=CC1)[CH]([Zr+2])c1ccccc1-2.[Cl-].[Cl-]. The third-order valence-corrected chi connectivity index (χ3v) is 6.04. The quantitative estimate of drug-likeness (QED) is 0.528. The summed E-state index contributed by atoms with van der Waals surface area (Å²) in [7, 11) is 0. The minimum atomic E-state index is 0. The van der Waals surface area contributed by atoms with Crippen LogP contribution in [0.3, 0.4) is 0 Å². The first-order valence-electron chi connectivity index (χ1n) is 7.57. The molecule has 0 N–H and O–H groups in total. The van der Waals surface area contributed by atoms with Crippen molar-refractivity contribution in [2.75, 3.05) is 0 Å². The molecule has 0 bridgehead atoms. The van der Waals surface area contributed by atoms with Gasteiger partial charge in [0.1, 0.15) is 0 Å². The van der Waals surface area contributed by atoms with Crippen LogP contribution >= 0.6 is 0 Å². The summed E-state index contributed by atoms with van der Waals surface area (Å²) in [5.41, 5.74) is 9.92. The Morgan fingerprint density at radius 1 is 1.08 bits per heavy atom. The van der Waals surface area contributed by atoms with Gasteiger partial charge in [0.2, 0.25) is 0 Å². The van der Waals surface area contributed by atoms with E-state index < -0.39 is 0 Å². The summed E-state index contributed by atoms with van der Waals surface area (Å²) in [4.78, 5) is 0. The van der Waals surface area contributed by atoms with Crippen LogP contribution in [-0.4, -0.2) is 0 Å². The summed E-state index contributed by atoms with van der Waals surface area (Å²) in [6.07, 6.45) is 14.0. The van der Waals surface area contributed by atoms with Crippen molar-refractivity contribution >= 4 is 5.57 Å². The topological polar surface area (TPSA) is 0 Å². The molecule has 0 saturated carbocycles. The summed E-state index contributed by atoms with van der Waals surface area (Å²) in [5.74, 6) is 2.83. The molecule has 0 aliphatic heterocycles. The summed E-state index contributed by atoms with van der Waals surface area (Å²) in [6, 6.07) is 13.3. The van der Waals surface area contributed by atoms with Crippen LogP contribution in [0.15, 0.2) is 54.6 Å². The Kier molecular flexibility index (Phi) is 6.33. The van der Waals surface area contributed by atoms with Crippen molar-refractivity contribution in [3.8, 4) is 23.5 Å². The van der Waals surface area contributed by atoms with E-state index >= 15 is 0 Å². The fourth-order valence-corrected chi connectivity index (χ4v) is 4.97. The Bertz CT molecular complexity index is 872. The van der Waals surface area contributed by atoms with Gasteiger partial charge in [0.15, 0.2) is 0 Å². The molecule has 3 heteroatoms. The first-order valence-corrected chi connectivity index (χ1v) is 8.99. The van der Waals surface area contributed by atoms with Gasteiger partial charge in [-0.3, -0.25) is 0 Å². The molecule has 2 aliphatic carbocycles. The molecule has 0 nitrogen and oxygen atoms in total. The predicted molar refractivity (Wildman–Crippen MR) is 88.0 cm³/mol. The minimum absolute atomic E-state index is 0. The van der Waals surface area contributed by atoms with Crippen LogP contribution in [0.5, 0.6) is 0 Å². The molecular weight excluding hydrogens is 414 g/mol. The first kappa shape index (κ1) is 19.3. The fraction of sp³-hybridized carbons (Fsp3) is 0.143. The Morgan fingerprint density at radius 3 is 2.58 bits per heavy atom. The van der Waals surface area contributed by atoms with Gasteiger partial charge < -0.3 is 24.8 Å². The zero-order valence-corrected chi connectivity index (χ0v) is 17.0. The smallest absolute Gasteiger partial charge is 1.00 e. The Labute approximate surface area is 171 Å². The molecule has 0 saturated heterocycles. The molecule has 0 fully saturated rings. The maximum atomic E-state index is 5.61. The van der Waals surface area contributed by atoms with Gasteiger partial charge in [0.05, 0.1) is 0 Å². The van der Waals surface area contributed by atoms with Crippen molar-refractivity contribution in [3.63, 3.8) is 0 Å². The van der Waals surface area contributed by atoms with Crippen LogP contribution in [0, 0.1) is 12.3 Å². The van der Waals surface area contributed by atoms with Gasteiger partial charge in [-0.05, 0) is 0 Å². The molecule has 0 radical (unpaired) electrons. The van der Waals surface area contributed by atoms with Gasteiger partial charge in [-0.15, -0.1) is 0 Å². The van der Waals surface area contributed by atoms with E-state index in [4.69, 9.17) is 6.42 Å². The van der Waals surface area contributed by atoms with Crippen molar-refractivity contribution < 1.29 is 49.5 Å². The minimum Gasteiger partial charge on any atom is -1.00 e. The normalized spacial score (nSPS) is 16.4. The molecule has 4 rings (SSSR count). The van der Waals surface area contributed by atoms with Gasteiger partial charge in [-0.2, -0.15) is 0 Å². The van der Waals surface area contributed by atoms with Gasteiger partial charge in [0.25, 0.3) is 0 Å². The maximum Gasteiger partial charge on any atom is -1.00 e. The van der Waals surface area contributed by atoms with Crippen LogP contribution in [0.2, 0.25) is 0 Å². The average Bonchev–Trinajstić information content (AvgIpc) is 3.16. The van der Waals surface area contributed by atoms with Crippen LogP contribution in [-0.2, 0) is 31.1 Å². The third-order valence-electron chi connectivity index (χ3n) is 4.57. The molecule has 2 aromatic carbocycles. The van der Waals surface area contributed by atoms with E-state index in [9.17, 15) is 0 Å². The zero-order valence-electron chi connectivity index (χ0n) is 13.0. The number of allylic oxidation sites excluding steroid dienone is 4. The van der Waals surface area contributed by atoms with Crippen LogP contribution in [0.25, 0.3) is 16.7 Å². The maximum absolute atomic E-state index is 5.61.